The average molecular weight is 339 g/mol. The van der Waals surface area contributed by atoms with E-state index < -0.39 is 31.7 Å². The van der Waals surface area contributed by atoms with Crippen LogP contribution < -0.4 is 5.32 Å². The summed E-state index contributed by atoms with van der Waals surface area (Å²) in [5.74, 6) is 0. The van der Waals surface area contributed by atoms with Crippen LogP contribution in [0.3, 0.4) is 0 Å². The van der Waals surface area contributed by atoms with Gasteiger partial charge in [-0.1, -0.05) is 12.2 Å². The zero-order valence-electron chi connectivity index (χ0n) is 13.9. The van der Waals surface area contributed by atoms with Gasteiger partial charge < -0.3 is 15.2 Å². The molecule has 130 valence electrons. The van der Waals surface area contributed by atoms with Gasteiger partial charge >= 0.3 is 13.9 Å². The summed E-state index contributed by atoms with van der Waals surface area (Å²) in [6.07, 6.45) is 1.28. The fraction of sp³-hybridized carbons (Fsp3) is 0.769. The number of aliphatic hydroxyl groups is 1. The summed E-state index contributed by atoms with van der Waals surface area (Å²) >= 11 is 0. The second kappa shape index (κ2) is 9.27. The van der Waals surface area contributed by atoms with Crippen molar-refractivity contribution in [1.29, 1.82) is 0 Å². The molecule has 0 rings (SSSR count). The Morgan fingerprint density at radius 3 is 2.27 bits per heavy atom. The molecular weight excluding hydrogens is 313 g/mol. The highest BCUT2D eigenvalue weighted by Crippen LogP contribution is 2.47. The molecule has 0 fully saturated rings. The fourth-order valence-electron chi connectivity index (χ4n) is 1.37. The lowest BCUT2D eigenvalue weighted by molar-refractivity contribution is 0.0389. The molecule has 0 unspecified atom stereocenters. The number of alkyl carbamates (subject to hydrolysis) is 1. The van der Waals surface area contributed by atoms with Gasteiger partial charge in [-0.25, -0.2) is 9.36 Å². The molecule has 0 radical (unpaired) electrons. The van der Waals surface area contributed by atoms with Crippen LogP contribution in [0.1, 0.15) is 27.7 Å². The summed E-state index contributed by atoms with van der Waals surface area (Å²) in [7, 11) is -1.37. The Balaban J connectivity index is 4.84. The molecule has 0 aromatic carbocycles. The third-order valence-electron chi connectivity index (χ3n) is 2.36. The highest BCUT2D eigenvalue weighted by atomic mass is 31.2. The van der Waals surface area contributed by atoms with Crippen molar-refractivity contribution in [2.75, 3.05) is 20.8 Å². The van der Waals surface area contributed by atoms with E-state index in [2.05, 4.69) is 14.4 Å². The van der Waals surface area contributed by atoms with E-state index >= 15 is 0 Å². The average Bonchev–Trinajstić information content (AvgIpc) is 2.41. The van der Waals surface area contributed by atoms with Gasteiger partial charge in [0.05, 0.1) is 18.8 Å². The van der Waals surface area contributed by atoms with E-state index in [1.54, 1.807) is 33.8 Å². The van der Waals surface area contributed by atoms with Crippen LogP contribution in [0.4, 0.5) is 4.79 Å². The topological polar surface area (TPSA) is 103 Å². The number of allylic oxidation sites excluding steroid dienone is 1. The molecular formula is C13H26NO7P. The first-order valence-corrected chi connectivity index (χ1v) is 8.19. The van der Waals surface area contributed by atoms with Crippen LogP contribution in [-0.4, -0.2) is 49.8 Å². The van der Waals surface area contributed by atoms with Crippen LogP contribution in [0.5, 0.6) is 0 Å². The number of rotatable bonds is 8. The number of carbonyl (C=O) groups excluding carboxylic acids is 1. The van der Waals surface area contributed by atoms with Crippen molar-refractivity contribution in [1.82, 2.24) is 5.32 Å². The SMILES string of the molecule is C/C=C/[C@@H](O)[C@H](COP(=O)(OC)OC)NC(=O)OC(C)(C)C. The van der Waals surface area contributed by atoms with Crippen molar-refractivity contribution in [3.8, 4) is 0 Å². The lowest BCUT2D eigenvalue weighted by Crippen LogP contribution is -2.47. The van der Waals surface area contributed by atoms with Crippen molar-refractivity contribution in [3.63, 3.8) is 0 Å². The first kappa shape index (κ1) is 21.1. The molecule has 0 aliphatic heterocycles. The van der Waals surface area contributed by atoms with E-state index in [1.807, 2.05) is 0 Å². The zero-order chi connectivity index (χ0) is 17.4. The van der Waals surface area contributed by atoms with E-state index in [0.717, 1.165) is 0 Å². The number of phosphoric ester groups is 1. The number of aliphatic hydroxyl groups excluding tert-OH is 1. The summed E-state index contributed by atoms with van der Waals surface area (Å²) < 4.78 is 31.2. The number of carbonyl (C=O) groups is 1. The predicted molar refractivity (Wildman–Crippen MR) is 81.6 cm³/mol. The van der Waals surface area contributed by atoms with E-state index in [0.29, 0.717) is 0 Å². The van der Waals surface area contributed by atoms with E-state index in [1.165, 1.54) is 20.3 Å². The fourth-order valence-corrected chi connectivity index (χ4v) is 2.07. The monoisotopic (exact) mass is 339 g/mol. The number of phosphoric acid groups is 1. The number of amides is 1. The highest BCUT2D eigenvalue weighted by molar-refractivity contribution is 7.48. The van der Waals surface area contributed by atoms with Gasteiger partial charge in [0.2, 0.25) is 0 Å². The molecule has 0 spiro atoms. The Hall–Kier alpha value is -0.920. The smallest absolute Gasteiger partial charge is 0.444 e. The predicted octanol–water partition coefficient (Wildman–Crippen LogP) is 2.23. The van der Waals surface area contributed by atoms with E-state index in [-0.39, 0.29) is 6.61 Å². The molecule has 2 N–H and O–H groups in total. The van der Waals surface area contributed by atoms with Crippen LogP contribution in [0, 0.1) is 0 Å². The Labute approximate surface area is 131 Å². The van der Waals surface area contributed by atoms with Crippen molar-refractivity contribution >= 4 is 13.9 Å². The summed E-state index contributed by atoms with van der Waals surface area (Å²) in [6.45, 7) is 6.56. The van der Waals surface area contributed by atoms with Gasteiger partial charge in [-0.3, -0.25) is 13.6 Å². The molecule has 2 atom stereocenters. The number of ether oxygens (including phenoxy) is 1. The lowest BCUT2D eigenvalue weighted by Gasteiger charge is -2.26. The third kappa shape index (κ3) is 8.51. The molecule has 0 bridgehead atoms. The van der Waals surface area contributed by atoms with Crippen molar-refractivity contribution in [3.05, 3.63) is 12.2 Å². The second-order valence-electron chi connectivity index (χ2n) is 5.38. The minimum Gasteiger partial charge on any atom is -0.444 e. The van der Waals surface area contributed by atoms with Gasteiger partial charge in [0, 0.05) is 14.2 Å². The molecule has 0 heterocycles. The first-order valence-electron chi connectivity index (χ1n) is 6.73. The van der Waals surface area contributed by atoms with Crippen LogP contribution in [0.25, 0.3) is 0 Å². The normalized spacial score (nSPS) is 15.6. The van der Waals surface area contributed by atoms with Crippen molar-refractivity contribution in [2.45, 2.75) is 45.4 Å². The minimum atomic E-state index is -3.71. The Kier molecular flexibility index (Phi) is 8.88. The highest BCUT2D eigenvalue weighted by Gasteiger charge is 2.29. The van der Waals surface area contributed by atoms with E-state index in [4.69, 9.17) is 9.26 Å². The molecule has 0 saturated heterocycles. The summed E-state index contributed by atoms with van der Waals surface area (Å²) in [4.78, 5) is 11.8. The largest absolute Gasteiger partial charge is 0.474 e. The molecule has 0 saturated carbocycles. The van der Waals surface area contributed by atoms with Crippen molar-refractivity contribution < 1.29 is 32.8 Å². The number of nitrogens with one attached hydrogen (secondary N) is 1. The number of hydrogen-bond acceptors (Lipinski definition) is 7. The Morgan fingerprint density at radius 2 is 1.86 bits per heavy atom. The van der Waals surface area contributed by atoms with Gasteiger partial charge in [0.25, 0.3) is 0 Å². The van der Waals surface area contributed by atoms with Crippen LogP contribution in [0.15, 0.2) is 12.2 Å². The van der Waals surface area contributed by atoms with Crippen LogP contribution in [0.2, 0.25) is 0 Å². The molecule has 8 nitrogen and oxygen atoms in total. The maximum atomic E-state index is 11.8. The second-order valence-corrected chi connectivity index (χ2v) is 7.26. The van der Waals surface area contributed by atoms with Gasteiger partial charge in [-0.15, -0.1) is 0 Å². The summed E-state index contributed by atoms with van der Waals surface area (Å²) in [5, 5.41) is 12.4. The van der Waals surface area contributed by atoms with E-state index in [9.17, 15) is 14.5 Å². The summed E-state index contributed by atoms with van der Waals surface area (Å²) in [6, 6.07) is -0.885. The zero-order valence-corrected chi connectivity index (χ0v) is 14.8. The van der Waals surface area contributed by atoms with Crippen LogP contribution >= 0.6 is 7.82 Å². The molecule has 0 aromatic heterocycles. The Bertz CT molecular complexity index is 411. The van der Waals surface area contributed by atoms with Crippen molar-refractivity contribution in [2.24, 2.45) is 0 Å². The molecule has 0 aliphatic carbocycles. The molecule has 1 amide bonds. The Morgan fingerprint density at radius 1 is 1.32 bits per heavy atom. The van der Waals surface area contributed by atoms with Gasteiger partial charge in [-0.2, -0.15) is 0 Å². The first-order chi connectivity index (χ1) is 10.1. The summed E-state index contributed by atoms with van der Waals surface area (Å²) in [5.41, 5.74) is -0.685. The lowest BCUT2D eigenvalue weighted by atomic mass is 10.1. The maximum Gasteiger partial charge on any atom is 0.474 e. The molecule has 22 heavy (non-hydrogen) atoms. The van der Waals surface area contributed by atoms with Gasteiger partial charge in [0.15, 0.2) is 0 Å². The molecule has 9 heteroatoms. The standard InChI is InChI=1S/C13H26NO7P/c1-7-8-11(15)10(9-20-22(17,18-5)19-6)14-12(16)21-13(2,3)4/h7-8,10-11,15H,9H2,1-6H3,(H,14,16)/b8-7+/t10-,11+/m0/s1. The quantitative estimate of drug-likeness (QED) is 0.516. The maximum absolute atomic E-state index is 11.8. The third-order valence-corrected chi connectivity index (χ3v) is 3.72. The molecule has 0 aliphatic rings. The van der Waals surface area contributed by atoms with Crippen LogP contribution in [-0.2, 0) is 22.9 Å². The number of hydrogen-bond donors (Lipinski definition) is 2. The van der Waals surface area contributed by atoms with Gasteiger partial charge in [-0.05, 0) is 27.7 Å². The molecule has 0 aromatic rings. The van der Waals surface area contributed by atoms with Gasteiger partial charge in [0.1, 0.15) is 5.60 Å². The minimum absolute atomic E-state index is 0.288.